The Labute approximate surface area is 152 Å². The maximum absolute atomic E-state index is 13.5. The second-order valence-electron chi connectivity index (χ2n) is 5.60. The number of hydrogen-bond acceptors (Lipinski definition) is 6. The van der Waals surface area contributed by atoms with E-state index < -0.39 is 5.82 Å². The van der Waals surface area contributed by atoms with Crippen molar-refractivity contribution in [2.24, 2.45) is 0 Å². The van der Waals surface area contributed by atoms with Gasteiger partial charge in [-0.05, 0) is 29.8 Å². The summed E-state index contributed by atoms with van der Waals surface area (Å²) in [6, 6.07) is 8.01. The predicted octanol–water partition coefficient (Wildman–Crippen LogP) is 4.59. The van der Waals surface area contributed by atoms with Gasteiger partial charge < -0.3 is 21.2 Å². The molecule has 6 nitrogen and oxygen atoms in total. The summed E-state index contributed by atoms with van der Waals surface area (Å²) in [7, 11) is 0. The van der Waals surface area contributed by atoms with Gasteiger partial charge in [0.2, 0.25) is 5.88 Å². The Hall–Kier alpha value is -3.32. The van der Waals surface area contributed by atoms with Crippen LogP contribution in [0.5, 0.6) is 0 Å². The first-order chi connectivity index (χ1) is 12.5. The Morgan fingerprint density at radius 3 is 2.73 bits per heavy atom. The lowest BCUT2D eigenvalue weighted by molar-refractivity contribution is 0.628. The number of aromatic nitrogens is 2. The summed E-state index contributed by atoms with van der Waals surface area (Å²) in [5.74, 6) is 0.0132. The number of pyridine rings is 2. The molecular formula is C18H13ClFN5O. The van der Waals surface area contributed by atoms with Gasteiger partial charge in [-0.15, -0.1) is 0 Å². The van der Waals surface area contributed by atoms with Crippen LogP contribution in [0.1, 0.15) is 0 Å². The first-order valence-electron chi connectivity index (χ1n) is 7.63. The summed E-state index contributed by atoms with van der Waals surface area (Å²) in [6.07, 6.45) is 4.92. The quantitative estimate of drug-likeness (QED) is 0.488. The Morgan fingerprint density at radius 1 is 1.15 bits per heavy atom. The molecule has 3 heterocycles. The molecule has 0 spiro atoms. The zero-order valence-corrected chi connectivity index (χ0v) is 14.1. The first kappa shape index (κ1) is 16.2. The Morgan fingerprint density at radius 2 is 2.00 bits per heavy atom. The lowest BCUT2D eigenvalue weighted by Crippen LogP contribution is -1.96. The highest BCUT2D eigenvalue weighted by Gasteiger charge is 2.19. The van der Waals surface area contributed by atoms with Crippen LogP contribution in [-0.2, 0) is 0 Å². The third kappa shape index (κ3) is 2.68. The highest BCUT2D eigenvalue weighted by atomic mass is 35.5. The van der Waals surface area contributed by atoms with Crippen molar-refractivity contribution in [3.63, 3.8) is 0 Å². The molecule has 5 N–H and O–H groups in total. The molecule has 0 bridgehead atoms. The largest absolute Gasteiger partial charge is 0.435 e. The second kappa shape index (κ2) is 6.20. The van der Waals surface area contributed by atoms with E-state index in [9.17, 15) is 4.39 Å². The summed E-state index contributed by atoms with van der Waals surface area (Å²) in [4.78, 5) is 8.45. The molecule has 0 aliphatic heterocycles. The van der Waals surface area contributed by atoms with Crippen LogP contribution in [0, 0.1) is 5.82 Å². The molecule has 0 aliphatic rings. The van der Waals surface area contributed by atoms with E-state index in [1.165, 1.54) is 12.1 Å². The first-order valence-corrected chi connectivity index (χ1v) is 8.01. The molecule has 0 aliphatic carbocycles. The molecule has 0 amide bonds. The standard InChI is InChI=1S/C18H13ClFN5O/c19-12-6-9(3-4-13(12)20)11-8-24-18(25-10-2-1-5-23-7-10)16-14(11)15(21)17(22)26-16/h1-8H,21-22H2,(H,24,25). The fraction of sp³-hybridized carbons (Fsp3) is 0. The molecule has 26 heavy (non-hydrogen) atoms. The van der Waals surface area contributed by atoms with Crippen molar-refractivity contribution in [3.05, 3.63) is 59.8 Å². The monoisotopic (exact) mass is 369 g/mol. The van der Waals surface area contributed by atoms with Crippen LogP contribution < -0.4 is 16.8 Å². The Bertz CT molecular complexity index is 1110. The number of nitrogen functional groups attached to an aromatic ring is 2. The Kier molecular flexibility index (Phi) is 3.85. The zero-order valence-electron chi connectivity index (χ0n) is 13.3. The van der Waals surface area contributed by atoms with Crippen LogP contribution in [-0.4, -0.2) is 9.97 Å². The molecule has 4 rings (SSSR count). The normalized spacial score (nSPS) is 11.0. The predicted molar refractivity (Wildman–Crippen MR) is 101 cm³/mol. The summed E-state index contributed by atoms with van der Waals surface area (Å²) in [6.45, 7) is 0. The van der Waals surface area contributed by atoms with E-state index in [2.05, 4.69) is 15.3 Å². The summed E-state index contributed by atoms with van der Waals surface area (Å²) in [5.41, 5.74) is 14.7. The molecule has 3 aromatic heterocycles. The fourth-order valence-electron chi connectivity index (χ4n) is 2.69. The third-order valence-electron chi connectivity index (χ3n) is 3.94. The molecule has 0 fully saturated rings. The maximum atomic E-state index is 13.5. The summed E-state index contributed by atoms with van der Waals surface area (Å²) >= 11 is 5.90. The number of fused-ring (bicyclic) bond motifs is 1. The van der Waals surface area contributed by atoms with E-state index >= 15 is 0 Å². The second-order valence-corrected chi connectivity index (χ2v) is 6.01. The van der Waals surface area contributed by atoms with Gasteiger partial charge >= 0.3 is 0 Å². The highest BCUT2D eigenvalue weighted by Crippen LogP contribution is 2.41. The molecule has 4 aromatic rings. The van der Waals surface area contributed by atoms with Crippen molar-refractivity contribution in [3.8, 4) is 11.1 Å². The maximum Gasteiger partial charge on any atom is 0.215 e. The van der Waals surface area contributed by atoms with Crippen LogP contribution in [0.2, 0.25) is 5.02 Å². The van der Waals surface area contributed by atoms with E-state index in [4.69, 9.17) is 27.5 Å². The van der Waals surface area contributed by atoms with Gasteiger partial charge in [0.05, 0.1) is 22.3 Å². The van der Waals surface area contributed by atoms with E-state index in [0.29, 0.717) is 27.9 Å². The lowest BCUT2D eigenvalue weighted by Gasteiger charge is -2.09. The third-order valence-corrected chi connectivity index (χ3v) is 4.23. The van der Waals surface area contributed by atoms with Crippen LogP contribution in [0.25, 0.3) is 22.1 Å². The molecule has 1 aromatic carbocycles. The molecule has 0 atom stereocenters. The number of nitrogens with one attached hydrogen (secondary N) is 1. The number of furan rings is 1. The van der Waals surface area contributed by atoms with Crippen LogP contribution >= 0.6 is 11.6 Å². The minimum atomic E-state index is -0.505. The van der Waals surface area contributed by atoms with E-state index in [-0.39, 0.29) is 16.6 Å². The average Bonchev–Trinajstić information content (AvgIpc) is 2.94. The molecule has 0 radical (unpaired) electrons. The molecule has 0 saturated carbocycles. The van der Waals surface area contributed by atoms with Gasteiger partial charge in [-0.2, -0.15) is 0 Å². The van der Waals surface area contributed by atoms with Crippen molar-refractivity contribution in [1.82, 2.24) is 9.97 Å². The number of anilines is 4. The Balaban J connectivity index is 1.91. The van der Waals surface area contributed by atoms with Crippen molar-refractivity contribution >= 4 is 45.6 Å². The SMILES string of the molecule is Nc1oc2c(Nc3cccnc3)ncc(-c3ccc(F)c(Cl)c3)c2c1N. The van der Waals surface area contributed by atoms with E-state index in [1.807, 2.05) is 6.07 Å². The van der Waals surface area contributed by atoms with Gasteiger partial charge in [0.25, 0.3) is 0 Å². The molecular weight excluding hydrogens is 357 g/mol. The highest BCUT2D eigenvalue weighted by molar-refractivity contribution is 6.31. The smallest absolute Gasteiger partial charge is 0.215 e. The van der Waals surface area contributed by atoms with Crippen molar-refractivity contribution in [2.45, 2.75) is 0 Å². The van der Waals surface area contributed by atoms with Gasteiger partial charge in [-0.1, -0.05) is 17.7 Å². The number of rotatable bonds is 3. The minimum Gasteiger partial charge on any atom is -0.435 e. The number of benzene rings is 1. The number of nitrogens with two attached hydrogens (primary N) is 2. The van der Waals surface area contributed by atoms with Crippen LogP contribution in [0.15, 0.2) is 53.3 Å². The van der Waals surface area contributed by atoms with Crippen molar-refractivity contribution < 1.29 is 8.81 Å². The summed E-state index contributed by atoms with van der Waals surface area (Å²) < 4.78 is 19.1. The van der Waals surface area contributed by atoms with E-state index in [0.717, 1.165) is 5.69 Å². The molecule has 130 valence electrons. The number of halogens is 2. The van der Waals surface area contributed by atoms with Crippen LogP contribution in [0.4, 0.5) is 27.5 Å². The molecule has 8 heteroatoms. The van der Waals surface area contributed by atoms with E-state index in [1.54, 1.807) is 30.7 Å². The fourth-order valence-corrected chi connectivity index (χ4v) is 2.87. The van der Waals surface area contributed by atoms with Gasteiger partial charge in [-0.3, -0.25) is 4.98 Å². The van der Waals surface area contributed by atoms with Crippen LogP contribution in [0.3, 0.4) is 0 Å². The molecule has 0 unspecified atom stereocenters. The van der Waals surface area contributed by atoms with Crippen molar-refractivity contribution in [2.75, 3.05) is 16.8 Å². The average molecular weight is 370 g/mol. The summed E-state index contributed by atoms with van der Waals surface area (Å²) in [5, 5.41) is 3.70. The minimum absolute atomic E-state index is 0.00301. The van der Waals surface area contributed by atoms with Gasteiger partial charge in [0.15, 0.2) is 11.4 Å². The molecule has 0 saturated heterocycles. The van der Waals surface area contributed by atoms with Gasteiger partial charge in [-0.25, -0.2) is 9.37 Å². The lowest BCUT2D eigenvalue weighted by atomic mass is 10.0. The van der Waals surface area contributed by atoms with Gasteiger partial charge in [0.1, 0.15) is 11.5 Å². The zero-order chi connectivity index (χ0) is 18.3. The van der Waals surface area contributed by atoms with Gasteiger partial charge in [0, 0.05) is 18.0 Å². The van der Waals surface area contributed by atoms with Crippen molar-refractivity contribution in [1.29, 1.82) is 0 Å². The number of nitrogens with zero attached hydrogens (tertiary/aromatic N) is 2. The number of hydrogen-bond donors (Lipinski definition) is 3. The topological polar surface area (TPSA) is 103 Å².